The molecule has 0 saturated carbocycles. The minimum Gasteiger partial charge on any atom is -0.497 e. The van der Waals surface area contributed by atoms with Gasteiger partial charge < -0.3 is 15.0 Å². The van der Waals surface area contributed by atoms with E-state index in [1.807, 2.05) is 36.1 Å². The van der Waals surface area contributed by atoms with E-state index in [4.69, 9.17) is 15.0 Å². The minimum atomic E-state index is -0.317. The molecule has 0 spiro atoms. The van der Waals surface area contributed by atoms with Gasteiger partial charge in [-0.1, -0.05) is 17.3 Å². The summed E-state index contributed by atoms with van der Waals surface area (Å²) in [7, 11) is 1.63. The molecular weight excluding hydrogens is 282 g/mol. The predicted octanol–water partition coefficient (Wildman–Crippen LogP) is 1.58. The highest BCUT2D eigenvalue weighted by Gasteiger charge is 2.29. The number of amides is 1. The van der Waals surface area contributed by atoms with Gasteiger partial charge in [0, 0.05) is 30.6 Å². The third kappa shape index (κ3) is 2.57. The summed E-state index contributed by atoms with van der Waals surface area (Å²) in [6.45, 7) is 3.17. The van der Waals surface area contributed by atoms with Crippen molar-refractivity contribution >= 4 is 5.91 Å². The minimum absolute atomic E-state index is 0.304. The fourth-order valence-corrected chi connectivity index (χ4v) is 2.74. The average Bonchev–Trinajstić information content (AvgIpc) is 2.97. The van der Waals surface area contributed by atoms with Gasteiger partial charge in [-0.3, -0.25) is 9.69 Å². The first kappa shape index (κ1) is 14.6. The lowest BCUT2D eigenvalue weighted by molar-refractivity contribution is -0.123. The molecule has 1 atom stereocenters. The van der Waals surface area contributed by atoms with Crippen LogP contribution in [0.25, 0.3) is 11.3 Å². The van der Waals surface area contributed by atoms with Crippen molar-refractivity contribution < 1.29 is 14.1 Å². The Morgan fingerprint density at radius 3 is 3.05 bits per heavy atom. The molecule has 2 aromatic rings. The average molecular weight is 301 g/mol. The molecule has 2 heterocycles. The number of fused-ring (bicyclic) bond motifs is 1. The van der Waals surface area contributed by atoms with Gasteiger partial charge >= 0.3 is 0 Å². The fraction of sp³-hybridized carbons (Fsp3) is 0.375. The summed E-state index contributed by atoms with van der Waals surface area (Å²) in [5, 5.41) is 4.21. The van der Waals surface area contributed by atoms with Crippen LogP contribution >= 0.6 is 0 Å². The van der Waals surface area contributed by atoms with Crippen molar-refractivity contribution in [3.63, 3.8) is 0 Å². The third-order valence-corrected chi connectivity index (χ3v) is 4.16. The lowest BCUT2D eigenvalue weighted by atomic mass is 10.00. The van der Waals surface area contributed by atoms with Crippen LogP contribution in [0.5, 0.6) is 5.75 Å². The number of primary amides is 1. The summed E-state index contributed by atoms with van der Waals surface area (Å²) in [5.41, 5.74) is 8.18. The van der Waals surface area contributed by atoms with Crippen LogP contribution in [0.1, 0.15) is 18.2 Å². The Morgan fingerprint density at radius 2 is 2.32 bits per heavy atom. The van der Waals surface area contributed by atoms with Gasteiger partial charge in [-0.05, 0) is 19.1 Å². The van der Waals surface area contributed by atoms with Gasteiger partial charge in [-0.2, -0.15) is 0 Å². The zero-order valence-corrected chi connectivity index (χ0v) is 12.7. The Hall–Kier alpha value is -2.34. The lowest BCUT2D eigenvalue weighted by Gasteiger charge is -2.29. The molecule has 6 nitrogen and oxygen atoms in total. The molecule has 1 aromatic carbocycles. The van der Waals surface area contributed by atoms with Crippen molar-refractivity contribution in [2.45, 2.75) is 25.9 Å². The second-order valence-corrected chi connectivity index (χ2v) is 5.46. The summed E-state index contributed by atoms with van der Waals surface area (Å²) >= 11 is 0. The van der Waals surface area contributed by atoms with Gasteiger partial charge in [0.15, 0.2) is 0 Å². The van der Waals surface area contributed by atoms with Crippen LogP contribution in [0.4, 0.5) is 0 Å². The largest absolute Gasteiger partial charge is 0.497 e. The summed E-state index contributed by atoms with van der Waals surface area (Å²) in [6, 6.07) is 7.40. The number of ether oxygens (including phenoxy) is 1. The van der Waals surface area contributed by atoms with Crippen LogP contribution < -0.4 is 10.5 Å². The van der Waals surface area contributed by atoms with E-state index >= 15 is 0 Å². The maximum Gasteiger partial charge on any atom is 0.234 e. The molecule has 6 heteroatoms. The molecule has 0 saturated heterocycles. The number of carbonyl (C=O) groups excluding carboxylic acids is 1. The van der Waals surface area contributed by atoms with E-state index in [9.17, 15) is 4.79 Å². The molecule has 3 rings (SSSR count). The zero-order chi connectivity index (χ0) is 15.7. The number of hydrogen-bond acceptors (Lipinski definition) is 5. The molecule has 2 N–H and O–H groups in total. The first-order valence-corrected chi connectivity index (χ1v) is 7.25. The molecular formula is C16H19N3O3. The Balaban J connectivity index is 1.93. The molecule has 1 aromatic heterocycles. The molecule has 1 aliphatic rings. The highest BCUT2D eigenvalue weighted by molar-refractivity contribution is 5.79. The van der Waals surface area contributed by atoms with Crippen LogP contribution in [0, 0.1) is 0 Å². The van der Waals surface area contributed by atoms with Crippen LogP contribution in [0.15, 0.2) is 28.8 Å². The standard InChI is InChI=1S/C16H19N3O3/c1-10(16(17)20)19-7-6-14-13(9-19)15(18-22-14)11-4-3-5-12(8-11)21-2/h3-5,8,10H,6-7,9H2,1-2H3,(H2,17,20)/t10-/m0/s1. The molecule has 0 bridgehead atoms. The number of nitrogens with two attached hydrogens (primary N) is 1. The van der Waals surface area contributed by atoms with Gasteiger partial charge in [0.2, 0.25) is 5.91 Å². The van der Waals surface area contributed by atoms with Gasteiger partial charge in [-0.15, -0.1) is 0 Å². The fourth-order valence-electron chi connectivity index (χ4n) is 2.74. The van der Waals surface area contributed by atoms with E-state index in [1.165, 1.54) is 0 Å². The quantitative estimate of drug-likeness (QED) is 0.927. The van der Waals surface area contributed by atoms with Crippen molar-refractivity contribution in [3.8, 4) is 17.0 Å². The Labute approximate surface area is 128 Å². The topological polar surface area (TPSA) is 81.6 Å². The second kappa shape index (κ2) is 5.81. The number of carbonyl (C=O) groups is 1. The number of aromatic nitrogens is 1. The second-order valence-electron chi connectivity index (χ2n) is 5.46. The maximum atomic E-state index is 11.4. The predicted molar refractivity (Wildman–Crippen MR) is 81.3 cm³/mol. The van der Waals surface area contributed by atoms with Crippen molar-refractivity contribution in [1.82, 2.24) is 10.1 Å². The van der Waals surface area contributed by atoms with Crippen molar-refractivity contribution in [2.75, 3.05) is 13.7 Å². The molecule has 0 unspecified atom stereocenters. The summed E-state index contributed by atoms with van der Waals surface area (Å²) in [5.74, 6) is 1.33. The SMILES string of the molecule is COc1cccc(-c2noc3c2CN([C@@H](C)C(N)=O)CC3)c1. The van der Waals surface area contributed by atoms with Crippen LogP contribution in [0.2, 0.25) is 0 Å². The molecule has 116 valence electrons. The molecule has 1 amide bonds. The lowest BCUT2D eigenvalue weighted by Crippen LogP contribution is -2.44. The molecule has 1 aliphatic heterocycles. The van der Waals surface area contributed by atoms with Crippen LogP contribution in [-0.2, 0) is 17.8 Å². The number of methoxy groups -OCH3 is 1. The van der Waals surface area contributed by atoms with E-state index in [2.05, 4.69) is 5.16 Å². The molecule has 0 aliphatic carbocycles. The third-order valence-electron chi connectivity index (χ3n) is 4.16. The number of rotatable bonds is 4. The molecule has 0 radical (unpaired) electrons. The number of nitrogens with zero attached hydrogens (tertiary/aromatic N) is 2. The zero-order valence-electron chi connectivity index (χ0n) is 12.7. The normalized spacial score (nSPS) is 16.1. The van der Waals surface area contributed by atoms with Crippen molar-refractivity contribution in [1.29, 1.82) is 0 Å². The number of benzene rings is 1. The van der Waals surface area contributed by atoms with E-state index < -0.39 is 0 Å². The van der Waals surface area contributed by atoms with E-state index in [0.29, 0.717) is 6.54 Å². The highest BCUT2D eigenvalue weighted by Crippen LogP contribution is 2.32. The monoisotopic (exact) mass is 301 g/mol. The van der Waals surface area contributed by atoms with Crippen LogP contribution in [0.3, 0.4) is 0 Å². The summed E-state index contributed by atoms with van der Waals surface area (Å²) in [6.07, 6.45) is 0.726. The summed E-state index contributed by atoms with van der Waals surface area (Å²) < 4.78 is 10.7. The Kier molecular flexibility index (Phi) is 3.85. The number of hydrogen-bond donors (Lipinski definition) is 1. The molecule has 0 fully saturated rings. The Bertz CT molecular complexity index is 696. The van der Waals surface area contributed by atoms with Gasteiger partial charge in [0.1, 0.15) is 17.2 Å². The van der Waals surface area contributed by atoms with Crippen LogP contribution in [-0.4, -0.2) is 35.7 Å². The van der Waals surface area contributed by atoms with E-state index in [-0.39, 0.29) is 11.9 Å². The van der Waals surface area contributed by atoms with Gasteiger partial charge in [0.05, 0.1) is 13.2 Å². The van der Waals surface area contributed by atoms with E-state index in [0.717, 1.165) is 41.3 Å². The van der Waals surface area contributed by atoms with E-state index in [1.54, 1.807) is 7.11 Å². The molecule has 22 heavy (non-hydrogen) atoms. The Morgan fingerprint density at radius 1 is 1.50 bits per heavy atom. The summed E-state index contributed by atoms with van der Waals surface area (Å²) in [4.78, 5) is 13.5. The first-order chi connectivity index (χ1) is 10.6. The first-order valence-electron chi connectivity index (χ1n) is 7.25. The van der Waals surface area contributed by atoms with Crippen molar-refractivity contribution in [2.24, 2.45) is 5.73 Å². The smallest absolute Gasteiger partial charge is 0.234 e. The van der Waals surface area contributed by atoms with Crippen molar-refractivity contribution in [3.05, 3.63) is 35.6 Å². The van der Waals surface area contributed by atoms with Gasteiger partial charge in [0.25, 0.3) is 0 Å². The maximum absolute atomic E-state index is 11.4. The van der Waals surface area contributed by atoms with Gasteiger partial charge in [-0.25, -0.2) is 0 Å². The highest BCUT2D eigenvalue weighted by atomic mass is 16.5.